The number of hydrogen-bond donors (Lipinski definition) is 1. The molecule has 34 heavy (non-hydrogen) atoms. The Balaban J connectivity index is 1.74. The minimum atomic E-state index is -4.92. The number of nitrogens with zero attached hydrogens (tertiary/aromatic N) is 2. The molecule has 0 atom stereocenters. The molecule has 0 bridgehead atoms. The average Bonchev–Trinajstić information content (AvgIpc) is 3.14. The van der Waals surface area contributed by atoms with Gasteiger partial charge in [0, 0.05) is 43.0 Å². The summed E-state index contributed by atoms with van der Waals surface area (Å²) in [5, 5.41) is 3.70. The van der Waals surface area contributed by atoms with Gasteiger partial charge in [-0.2, -0.15) is 0 Å². The lowest BCUT2D eigenvalue weighted by Gasteiger charge is -2.11. The van der Waals surface area contributed by atoms with E-state index in [2.05, 4.69) is 15.0 Å². The molecule has 178 valence electrons. The first-order valence-electron chi connectivity index (χ1n) is 10.1. The van der Waals surface area contributed by atoms with Crippen molar-refractivity contribution in [1.29, 1.82) is 0 Å². The number of benzene rings is 2. The van der Waals surface area contributed by atoms with Crippen LogP contribution in [0.5, 0.6) is 5.75 Å². The van der Waals surface area contributed by atoms with Gasteiger partial charge in [-0.05, 0) is 48.0 Å². The number of aromatic nitrogens is 2. The highest BCUT2D eigenvalue weighted by atomic mass is 32.2. The van der Waals surface area contributed by atoms with Gasteiger partial charge in [0.05, 0.1) is 5.52 Å². The Morgan fingerprint density at radius 3 is 2.53 bits per heavy atom. The van der Waals surface area contributed by atoms with Crippen LogP contribution in [-0.2, 0) is 23.0 Å². The predicted octanol–water partition coefficient (Wildman–Crippen LogP) is 4.62. The summed E-state index contributed by atoms with van der Waals surface area (Å²) in [6.07, 6.45) is -0.639. The lowest BCUT2D eigenvalue weighted by Crippen LogP contribution is -2.17. The van der Waals surface area contributed by atoms with E-state index in [0.717, 1.165) is 15.6 Å². The second-order valence-electron chi connectivity index (χ2n) is 7.50. The minimum Gasteiger partial charge on any atom is -0.406 e. The molecule has 0 aliphatic carbocycles. The fourth-order valence-corrected chi connectivity index (χ4v) is 5.00. The highest BCUT2D eigenvalue weighted by molar-refractivity contribution is 7.90. The molecule has 2 aromatic heterocycles. The number of hydrogen-bond acceptors (Lipinski definition) is 5. The van der Waals surface area contributed by atoms with Crippen molar-refractivity contribution in [2.24, 2.45) is 0 Å². The maximum Gasteiger partial charge on any atom is 0.573 e. The van der Waals surface area contributed by atoms with Gasteiger partial charge in [0.25, 0.3) is 10.0 Å². The van der Waals surface area contributed by atoms with E-state index >= 15 is 0 Å². The van der Waals surface area contributed by atoms with Crippen molar-refractivity contribution in [3.05, 3.63) is 89.6 Å². The third kappa shape index (κ3) is 4.90. The van der Waals surface area contributed by atoms with E-state index in [0.29, 0.717) is 29.1 Å². The van der Waals surface area contributed by atoms with Crippen LogP contribution in [0.2, 0.25) is 0 Å². The van der Waals surface area contributed by atoms with Gasteiger partial charge in [-0.1, -0.05) is 18.2 Å². The molecule has 2 aromatic carbocycles. The number of alkyl halides is 3. The smallest absolute Gasteiger partial charge is 0.406 e. The molecular weight excluding hydrogens is 474 g/mol. The molecule has 0 spiro atoms. The van der Waals surface area contributed by atoms with Crippen molar-refractivity contribution in [2.45, 2.75) is 24.2 Å². The summed E-state index contributed by atoms with van der Waals surface area (Å²) >= 11 is 0. The number of rotatable bonds is 7. The van der Waals surface area contributed by atoms with Crippen LogP contribution in [0.15, 0.2) is 72.0 Å². The van der Waals surface area contributed by atoms with Crippen molar-refractivity contribution < 1.29 is 30.7 Å². The second kappa shape index (κ2) is 9.07. The Hall–Kier alpha value is -3.44. The zero-order valence-electron chi connectivity index (χ0n) is 17.8. The highest BCUT2D eigenvalue weighted by Gasteiger charge is 2.31. The Morgan fingerprint density at radius 1 is 1.09 bits per heavy atom. The standard InChI is InChI=1S/C23H19F4N3O3S/c1-28-12-17-14-30(34(31,32)19-3-2-8-29-13-19)22-10-15(4-7-20(17)22)9-16-5-6-18(11-21(16)24)33-23(25,26)27/h2-8,10-11,13-14,28H,9,12H2,1H3. The lowest BCUT2D eigenvalue weighted by molar-refractivity contribution is -0.274. The normalized spacial score (nSPS) is 12.3. The SMILES string of the molecule is CNCc1cn(S(=O)(=O)c2cccnc2)c2cc(Cc3ccc(OC(F)(F)F)cc3F)ccc12. The largest absolute Gasteiger partial charge is 0.573 e. The van der Waals surface area contributed by atoms with Crippen LogP contribution in [0, 0.1) is 5.82 Å². The molecular formula is C23H19F4N3O3S. The summed E-state index contributed by atoms with van der Waals surface area (Å²) in [5.74, 6) is -1.52. The van der Waals surface area contributed by atoms with Gasteiger partial charge in [-0.15, -0.1) is 13.2 Å². The van der Waals surface area contributed by atoms with Gasteiger partial charge in [-0.3, -0.25) is 4.98 Å². The highest BCUT2D eigenvalue weighted by Crippen LogP contribution is 2.29. The summed E-state index contributed by atoms with van der Waals surface area (Å²) < 4.78 is 83.0. The number of fused-ring (bicyclic) bond motifs is 1. The van der Waals surface area contributed by atoms with Gasteiger partial charge in [-0.25, -0.2) is 16.8 Å². The number of pyridine rings is 1. The van der Waals surface area contributed by atoms with Gasteiger partial charge in [0.2, 0.25) is 0 Å². The van der Waals surface area contributed by atoms with E-state index in [9.17, 15) is 26.0 Å². The molecule has 0 radical (unpaired) electrons. The van der Waals surface area contributed by atoms with Gasteiger partial charge < -0.3 is 10.1 Å². The van der Waals surface area contributed by atoms with E-state index in [-0.39, 0.29) is 16.9 Å². The van der Waals surface area contributed by atoms with E-state index in [1.807, 2.05) is 0 Å². The molecule has 4 aromatic rings. The van der Waals surface area contributed by atoms with E-state index in [1.165, 1.54) is 36.8 Å². The molecule has 6 nitrogen and oxygen atoms in total. The van der Waals surface area contributed by atoms with Crippen LogP contribution >= 0.6 is 0 Å². The summed E-state index contributed by atoms with van der Waals surface area (Å²) in [6.45, 7) is 0.417. The van der Waals surface area contributed by atoms with Crippen molar-refractivity contribution in [1.82, 2.24) is 14.3 Å². The quantitative estimate of drug-likeness (QED) is 0.381. The van der Waals surface area contributed by atoms with Crippen molar-refractivity contribution in [3.8, 4) is 5.75 Å². The predicted molar refractivity (Wildman–Crippen MR) is 117 cm³/mol. The Bertz CT molecular complexity index is 1440. The Morgan fingerprint density at radius 2 is 1.88 bits per heavy atom. The molecule has 0 saturated heterocycles. The molecule has 1 N–H and O–H groups in total. The number of nitrogens with one attached hydrogen (secondary N) is 1. The topological polar surface area (TPSA) is 73.2 Å². The minimum absolute atomic E-state index is 0.0135. The molecule has 2 heterocycles. The van der Waals surface area contributed by atoms with Crippen LogP contribution in [0.4, 0.5) is 17.6 Å². The lowest BCUT2D eigenvalue weighted by atomic mass is 10.0. The maximum atomic E-state index is 14.5. The summed E-state index contributed by atoms with van der Waals surface area (Å²) in [7, 11) is -2.22. The number of halogens is 4. The molecule has 0 amide bonds. The van der Waals surface area contributed by atoms with Crippen molar-refractivity contribution in [3.63, 3.8) is 0 Å². The van der Waals surface area contributed by atoms with Crippen LogP contribution in [-0.4, -0.2) is 30.8 Å². The van der Waals surface area contributed by atoms with Crippen LogP contribution in [0.1, 0.15) is 16.7 Å². The average molecular weight is 493 g/mol. The van der Waals surface area contributed by atoms with Crippen LogP contribution < -0.4 is 10.1 Å². The molecule has 0 fully saturated rings. The van der Waals surface area contributed by atoms with Crippen LogP contribution in [0.3, 0.4) is 0 Å². The zero-order valence-corrected chi connectivity index (χ0v) is 18.6. The Labute approximate surface area is 192 Å². The third-order valence-electron chi connectivity index (χ3n) is 5.13. The van der Waals surface area contributed by atoms with Gasteiger partial charge >= 0.3 is 6.36 Å². The monoisotopic (exact) mass is 493 g/mol. The van der Waals surface area contributed by atoms with E-state index in [1.54, 1.807) is 25.2 Å². The first kappa shape index (κ1) is 23.7. The Kier molecular flexibility index (Phi) is 6.32. The molecule has 4 rings (SSSR count). The fraction of sp³-hybridized carbons (Fsp3) is 0.174. The molecule has 0 saturated carbocycles. The molecule has 11 heteroatoms. The molecule has 0 unspecified atom stereocenters. The van der Waals surface area contributed by atoms with Crippen molar-refractivity contribution in [2.75, 3.05) is 7.05 Å². The molecule has 0 aliphatic rings. The maximum absolute atomic E-state index is 14.5. The number of ether oxygens (including phenoxy) is 1. The second-order valence-corrected chi connectivity index (χ2v) is 9.32. The first-order valence-corrected chi connectivity index (χ1v) is 11.5. The fourth-order valence-electron chi connectivity index (χ4n) is 3.65. The van der Waals surface area contributed by atoms with Crippen molar-refractivity contribution >= 4 is 20.9 Å². The van der Waals surface area contributed by atoms with E-state index in [4.69, 9.17) is 0 Å². The summed E-state index contributed by atoms with van der Waals surface area (Å²) in [5.41, 5.74) is 1.85. The summed E-state index contributed by atoms with van der Waals surface area (Å²) in [4.78, 5) is 3.90. The molecule has 0 aliphatic heterocycles. The third-order valence-corrected chi connectivity index (χ3v) is 6.79. The van der Waals surface area contributed by atoms with Crippen LogP contribution in [0.25, 0.3) is 10.9 Å². The first-order chi connectivity index (χ1) is 16.1. The van der Waals surface area contributed by atoms with E-state index < -0.39 is 28.0 Å². The zero-order chi connectivity index (χ0) is 24.5. The summed E-state index contributed by atoms with van der Waals surface area (Å²) in [6, 6.07) is 11.0. The van der Waals surface area contributed by atoms with Gasteiger partial charge in [0.1, 0.15) is 16.5 Å². The van der Waals surface area contributed by atoms with Gasteiger partial charge in [0.15, 0.2) is 0 Å².